The van der Waals surface area contributed by atoms with Crippen LogP contribution in [-0.4, -0.2) is 28.6 Å². The van der Waals surface area contributed by atoms with Gasteiger partial charge in [0.05, 0.1) is 12.1 Å². The molecule has 1 aromatic carbocycles. The van der Waals surface area contributed by atoms with Crippen LogP contribution in [0.4, 0.5) is 4.79 Å². The van der Waals surface area contributed by atoms with Crippen LogP contribution >= 0.6 is 11.6 Å². The van der Waals surface area contributed by atoms with Crippen LogP contribution in [0.5, 0.6) is 0 Å². The summed E-state index contributed by atoms with van der Waals surface area (Å²) in [6, 6.07) is 4.29. The molecule has 1 amide bonds. The number of Topliss-reactive ketones (excluding diaryl/α,β-unsaturated/α-hetero) is 1. The van der Waals surface area contributed by atoms with Crippen molar-refractivity contribution in [2.45, 2.75) is 51.4 Å². The lowest BCUT2D eigenvalue weighted by Gasteiger charge is -2.23. The SMILES string of the molecule is CC(C)(C)OC(=O)NC1CC(O)c2cc(Cl)ccc2CC1=O. The van der Waals surface area contributed by atoms with Crippen molar-refractivity contribution in [3.05, 3.63) is 34.3 Å². The Bertz CT molecular complexity index is 594. The van der Waals surface area contributed by atoms with Crippen molar-refractivity contribution in [3.8, 4) is 0 Å². The third kappa shape index (κ3) is 4.21. The highest BCUT2D eigenvalue weighted by Crippen LogP contribution is 2.29. The van der Waals surface area contributed by atoms with Gasteiger partial charge in [-0.1, -0.05) is 17.7 Å². The van der Waals surface area contributed by atoms with Crippen molar-refractivity contribution in [2.24, 2.45) is 0 Å². The van der Waals surface area contributed by atoms with Crippen LogP contribution in [0.3, 0.4) is 0 Å². The maximum Gasteiger partial charge on any atom is 0.408 e. The highest BCUT2D eigenvalue weighted by Gasteiger charge is 2.31. The van der Waals surface area contributed by atoms with Gasteiger partial charge in [-0.05, 0) is 44.0 Å². The van der Waals surface area contributed by atoms with Crippen LogP contribution in [0.25, 0.3) is 0 Å². The molecule has 2 atom stereocenters. The number of nitrogens with one attached hydrogen (secondary N) is 1. The van der Waals surface area contributed by atoms with E-state index in [1.165, 1.54) is 0 Å². The second kappa shape index (κ2) is 6.26. The number of benzene rings is 1. The fraction of sp³-hybridized carbons (Fsp3) is 0.500. The average molecular weight is 326 g/mol. The summed E-state index contributed by atoms with van der Waals surface area (Å²) in [6.45, 7) is 5.23. The molecule has 6 heteroatoms. The highest BCUT2D eigenvalue weighted by molar-refractivity contribution is 6.30. The van der Waals surface area contributed by atoms with Gasteiger partial charge in [0.1, 0.15) is 5.60 Å². The first kappa shape index (κ1) is 16.8. The minimum atomic E-state index is -0.861. The molecular weight excluding hydrogens is 306 g/mol. The summed E-state index contributed by atoms with van der Waals surface area (Å²) in [7, 11) is 0. The minimum Gasteiger partial charge on any atom is -0.444 e. The molecule has 5 nitrogen and oxygen atoms in total. The van der Waals surface area contributed by atoms with Crippen LogP contribution < -0.4 is 5.32 Å². The second-order valence-corrected chi connectivity index (χ2v) is 6.87. The molecule has 0 radical (unpaired) electrons. The summed E-state index contributed by atoms with van der Waals surface area (Å²) in [5.41, 5.74) is 0.720. The van der Waals surface area contributed by atoms with Crippen molar-refractivity contribution in [1.82, 2.24) is 5.32 Å². The lowest BCUT2D eigenvalue weighted by atomic mass is 10.0. The number of alkyl carbamates (subject to hydrolysis) is 1. The lowest BCUT2D eigenvalue weighted by molar-refractivity contribution is -0.120. The molecule has 120 valence electrons. The number of carbonyl (C=O) groups excluding carboxylic acids is 2. The molecule has 0 heterocycles. The highest BCUT2D eigenvalue weighted by atomic mass is 35.5. The third-order valence-corrected chi connectivity index (χ3v) is 3.61. The Balaban J connectivity index is 2.14. The topological polar surface area (TPSA) is 75.6 Å². The Morgan fingerprint density at radius 2 is 2.09 bits per heavy atom. The predicted molar refractivity (Wildman–Crippen MR) is 82.9 cm³/mol. The summed E-state index contributed by atoms with van der Waals surface area (Å²) in [5, 5.41) is 13.3. The summed E-state index contributed by atoms with van der Waals surface area (Å²) in [5.74, 6) is -0.161. The van der Waals surface area contributed by atoms with Crippen molar-refractivity contribution < 1.29 is 19.4 Å². The Morgan fingerprint density at radius 3 is 2.73 bits per heavy atom. The monoisotopic (exact) mass is 325 g/mol. The van der Waals surface area contributed by atoms with Gasteiger partial charge in [-0.25, -0.2) is 4.79 Å². The summed E-state index contributed by atoms with van der Waals surface area (Å²) in [6.07, 6.45) is -1.28. The van der Waals surface area contributed by atoms with E-state index in [0.717, 1.165) is 5.56 Å². The molecule has 1 aliphatic rings. The van der Waals surface area contributed by atoms with E-state index in [1.54, 1.807) is 39.0 Å². The van der Waals surface area contributed by atoms with Crippen LogP contribution in [0.1, 0.15) is 44.4 Å². The summed E-state index contributed by atoms with van der Waals surface area (Å²) in [4.78, 5) is 24.1. The molecule has 1 aliphatic carbocycles. The molecule has 1 aromatic rings. The molecule has 0 fully saturated rings. The zero-order valence-electron chi connectivity index (χ0n) is 12.9. The fourth-order valence-corrected chi connectivity index (χ4v) is 2.60. The summed E-state index contributed by atoms with van der Waals surface area (Å²) >= 11 is 5.94. The van der Waals surface area contributed by atoms with Gasteiger partial charge in [0.2, 0.25) is 0 Å². The Morgan fingerprint density at radius 1 is 1.41 bits per heavy atom. The number of rotatable bonds is 1. The standard InChI is InChI=1S/C16H20ClNO4/c1-16(2,3)22-15(21)18-12-8-13(19)11-7-10(17)5-4-9(11)6-14(12)20/h4-5,7,12-13,19H,6,8H2,1-3H3,(H,18,21). The maximum absolute atomic E-state index is 12.3. The first-order chi connectivity index (χ1) is 10.2. The largest absolute Gasteiger partial charge is 0.444 e. The zero-order chi connectivity index (χ0) is 16.5. The molecule has 0 saturated heterocycles. The number of hydrogen-bond acceptors (Lipinski definition) is 4. The molecule has 0 saturated carbocycles. The van der Waals surface area contributed by atoms with E-state index in [2.05, 4.69) is 5.32 Å². The van der Waals surface area contributed by atoms with E-state index in [4.69, 9.17) is 16.3 Å². The minimum absolute atomic E-state index is 0.103. The normalized spacial score (nSPS) is 21.8. The van der Waals surface area contributed by atoms with Crippen LogP contribution in [-0.2, 0) is 16.0 Å². The maximum atomic E-state index is 12.3. The number of amides is 1. The summed E-state index contributed by atoms with van der Waals surface area (Å²) < 4.78 is 5.16. The molecule has 22 heavy (non-hydrogen) atoms. The van der Waals surface area contributed by atoms with E-state index >= 15 is 0 Å². The van der Waals surface area contributed by atoms with Crippen molar-refractivity contribution in [3.63, 3.8) is 0 Å². The first-order valence-electron chi connectivity index (χ1n) is 7.14. The van der Waals surface area contributed by atoms with Gasteiger partial charge in [0.25, 0.3) is 0 Å². The third-order valence-electron chi connectivity index (χ3n) is 3.37. The molecule has 2 N–H and O–H groups in total. The van der Waals surface area contributed by atoms with Gasteiger partial charge in [-0.15, -0.1) is 0 Å². The number of carbonyl (C=O) groups is 2. The fourth-order valence-electron chi connectivity index (χ4n) is 2.42. The number of halogens is 1. The number of fused-ring (bicyclic) bond motifs is 1. The molecule has 0 spiro atoms. The molecule has 0 aromatic heterocycles. The quantitative estimate of drug-likeness (QED) is 0.778. The number of hydrogen-bond donors (Lipinski definition) is 2. The van der Waals surface area contributed by atoms with Crippen LogP contribution in [0.15, 0.2) is 18.2 Å². The Hall–Kier alpha value is -1.59. The van der Waals surface area contributed by atoms with Crippen molar-refractivity contribution in [1.29, 1.82) is 0 Å². The number of ketones is 1. The van der Waals surface area contributed by atoms with E-state index in [0.29, 0.717) is 10.6 Å². The Kier molecular flexibility index (Phi) is 4.78. The van der Waals surface area contributed by atoms with Gasteiger partial charge in [-0.3, -0.25) is 4.79 Å². The second-order valence-electron chi connectivity index (χ2n) is 6.44. The van der Waals surface area contributed by atoms with Gasteiger partial charge in [-0.2, -0.15) is 0 Å². The molecule has 2 rings (SSSR count). The van der Waals surface area contributed by atoms with Crippen LogP contribution in [0.2, 0.25) is 5.02 Å². The van der Waals surface area contributed by atoms with E-state index < -0.39 is 23.8 Å². The van der Waals surface area contributed by atoms with Gasteiger partial charge in [0.15, 0.2) is 5.78 Å². The number of aliphatic hydroxyl groups is 1. The Labute approximate surface area is 134 Å². The average Bonchev–Trinajstić information content (AvgIpc) is 2.47. The van der Waals surface area contributed by atoms with E-state index in [-0.39, 0.29) is 18.6 Å². The lowest BCUT2D eigenvalue weighted by Crippen LogP contribution is -2.44. The molecule has 0 aliphatic heterocycles. The smallest absolute Gasteiger partial charge is 0.408 e. The van der Waals surface area contributed by atoms with Crippen molar-refractivity contribution >= 4 is 23.5 Å². The zero-order valence-corrected chi connectivity index (χ0v) is 13.6. The van der Waals surface area contributed by atoms with E-state index in [1.807, 2.05) is 0 Å². The number of ether oxygens (including phenoxy) is 1. The van der Waals surface area contributed by atoms with Crippen LogP contribution in [0, 0.1) is 0 Å². The van der Waals surface area contributed by atoms with Gasteiger partial charge >= 0.3 is 6.09 Å². The van der Waals surface area contributed by atoms with Crippen molar-refractivity contribution in [2.75, 3.05) is 0 Å². The molecule has 2 unspecified atom stereocenters. The van der Waals surface area contributed by atoms with E-state index in [9.17, 15) is 14.7 Å². The molecule has 0 bridgehead atoms. The van der Waals surface area contributed by atoms with Gasteiger partial charge in [0, 0.05) is 17.9 Å². The van der Waals surface area contributed by atoms with Gasteiger partial charge < -0.3 is 15.2 Å². The molecular formula is C16H20ClNO4. The number of aliphatic hydroxyl groups excluding tert-OH is 1. The first-order valence-corrected chi connectivity index (χ1v) is 7.52. The predicted octanol–water partition coefficient (Wildman–Crippen LogP) is 2.78.